The monoisotopic (exact) mass is 327 g/mol. The van der Waals surface area contributed by atoms with Crippen molar-refractivity contribution in [2.75, 3.05) is 13.7 Å². The molecule has 22 heavy (non-hydrogen) atoms. The van der Waals surface area contributed by atoms with Gasteiger partial charge in [0.25, 0.3) is 0 Å². The van der Waals surface area contributed by atoms with E-state index in [2.05, 4.69) is 5.32 Å². The predicted octanol–water partition coefficient (Wildman–Crippen LogP) is 2.51. The number of aliphatic carboxylic acids is 1. The molecule has 0 aliphatic carbocycles. The molecular formula is C16H22ClNO4. The summed E-state index contributed by atoms with van der Waals surface area (Å²) < 4.78 is 5.03. The van der Waals surface area contributed by atoms with Crippen LogP contribution in [0.3, 0.4) is 0 Å². The van der Waals surface area contributed by atoms with Crippen molar-refractivity contribution < 1.29 is 19.4 Å². The average molecular weight is 328 g/mol. The Balaban J connectivity index is 2.73. The molecule has 5 nitrogen and oxygen atoms in total. The van der Waals surface area contributed by atoms with Gasteiger partial charge in [-0.2, -0.15) is 0 Å². The Hall–Kier alpha value is -1.59. The fraction of sp³-hybridized carbons (Fsp3) is 0.500. The van der Waals surface area contributed by atoms with Gasteiger partial charge in [0, 0.05) is 18.1 Å². The van der Waals surface area contributed by atoms with Gasteiger partial charge in [0.05, 0.1) is 18.6 Å². The van der Waals surface area contributed by atoms with Crippen LogP contribution in [0.25, 0.3) is 0 Å². The number of carboxylic acids is 1. The highest BCUT2D eigenvalue weighted by atomic mass is 35.5. The number of ether oxygens (including phenoxy) is 1. The number of carboxylic acid groups (broad SMARTS) is 1. The molecule has 1 rings (SSSR count). The zero-order valence-electron chi connectivity index (χ0n) is 13.1. The largest absolute Gasteiger partial charge is 0.481 e. The molecule has 1 aromatic carbocycles. The van der Waals surface area contributed by atoms with Gasteiger partial charge in [-0.05, 0) is 25.0 Å². The van der Waals surface area contributed by atoms with Crippen LogP contribution in [0.4, 0.5) is 0 Å². The molecule has 0 aliphatic rings. The Morgan fingerprint density at radius 2 is 2.05 bits per heavy atom. The van der Waals surface area contributed by atoms with Crippen LogP contribution in [0.2, 0.25) is 5.02 Å². The first-order valence-corrected chi connectivity index (χ1v) is 7.41. The van der Waals surface area contributed by atoms with E-state index in [1.165, 1.54) is 7.11 Å². The fourth-order valence-corrected chi connectivity index (χ4v) is 2.50. The molecule has 0 fully saturated rings. The van der Waals surface area contributed by atoms with Crippen molar-refractivity contribution in [1.29, 1.82) is 0 Å². The summed E-state index contributed by atoms with van der Waals surface area (Å²) in [6.07, 6.45) is 0.285. The van der Waals surface area contributed by atoms with E-state index in [0.717, 1.165) is 5.56 Å². The van der Waals surface area contributed by atoms with Crippen LogP contribution in [0.1, 0.15) is 25.8 Å². The quantitative estimate of drug-likeness (QED) is 0.769. The van der Waals surface area contributed by atoms with Gasteiger partial charge in [-0.15, -0.1) is 0 Å². The van der Waals surface area contributed by atoms with Crippen LogP contribution in [0, 0.1) is 5.92 Å². The van der Waals surface area contributed by atoms with Crippen molar-refractivity contribution in [1.82, 2.24) is 5.32 Å². The van der Waals surface area contributed by atoms with Crippen molar-refractivity contribution in [2.45, 2.75) is 32.2 Å². The summed E-state index contributed by atoms with van der Waals surface area (Å²) in [5, 5.41) is 12.4. The molecule has 122 valence electrons. The molecule has 0 saturated carbocycles. The highest BCUT2D eigenvalue weighted by Crippen LogP contribution is 2.20. The molecule has 1 amide bonds. The summed E-state index contributed by atoms with van der Waals surface area (Å²) in [7, 11) is 1.47. The van der Waals surface area contributed by atoms with E-state index in [-0.39, 0.29) is 24.9 Å². The third kappa shape index (κ3) is 5.66. The number of hydrogen-bond donors (Lipinski definition) is 2. The molecule has 0 radical (unpaired) electrons. The maximum Gasteiger partial charge on any atom is 0.305 e. The van der Waals surface area contributed by atoms with Gasteiger partial charge in [0.1, 0.15) is 0 Å². The SMILES string of the molecule is COCC(C)(CC(=O)O)NC(=O)C(C)Cc1ccccc1Cl. The lowest BCUT2D eigenvalue weighted by atomic mass is 9.95. The lowest BCUT2D eigenvalue weighted by molar-refractivity contribution is -0.140. The van der Waals surface area contributed by atoms with Gasteiger partial charge in [-0.25, -0.2) is 0 Å². The van der Waals surface area contributed by atoms with Gasteiger partial charge in [-0.3, -0.25) is 9.59 Å². The molecule has 2 N–H and O–H groups in total. The number of nitrogens with one attached hydrogen (secondary N) is 1. The first-order valence-electron chi connectivity index (χ1n) is 7.03. The van der Waals surface area contributed by atoms with Crippen LogP contribution in [0.15, 0.2) is 24.3 Å². The predicted molar refractivity (Wildman–Crippen MR) is 85.0 cm³/mol. The Morgan fingerprint density at radius 3 is 2.59 bits per heavy atom. The summed E-state index contributed by atoms with van der Waals surface area (Å²) in [5.74, 6) is -1.54. The first kappa shape index (κ1) is 18.5. The molecule has 2 unspecified atom stereocenters. The minimum absolute atomic E-state index is 0.129. The highest BCUT2D eigenvalue weighted by molar-refractivity contribution is 6.31. The van der Waals surface area contributed by atoms with Crippen molar-refractivity contribution >= 4 is 23.5 Å². The standard InChI is InChI=1S/C16H22ClNO4/c1-11(8-12-6-4-5-7-13(12)17)15(21)18-16(2,10-22-3)9-14(19)20/h4-7,11H,8-10H2,1-3H3,(H,18,21)(H,19,20). The molecule has 0 bridgehead atoms. The molecular weight excluding hydrogens is 306 g/mol. The smallest absolute Gasteiger partial charge is 0.305 e. The molecule has 0 spiro atoms. The van der Waals surface area contributed by atoms with Crippen LogP contribution >= 0.6 is 11.6 Å². The highest BCUT2D eigenvalue weighted by Gasteiger charge is 2.31. The summed E-state index contributed by atoms with van der Waals surface area (Å²) in [6, 6.07) is 7.35. The zero-order valence-corrected chi connectivity index (χ0v) is 13.8. The van der Waals surface area contributed by atoms with E-state index in [4.69, 9.17) is 21.4 Å². The number of benzene rings is 1. The van der Waals surface area contributed by atoms with E-state index in [0.29, 0.717) is 11.4 Å². The number of rotatable bonds is 8. The second-order valence-electron chi connectivity index (χ2n) is 5.75. The molecule has 0 saturated heterocycles. The number of carbonyl (C=O) groups excluding carboxylic acids is 1. The van der Waals surface area contributed by atoms with E-state index >= 15 is 0 Å². The van der Waals surface area contributed by atoms with E-state index < -0.39 is 11.5 Å². The normalized spacial score (nSPS) is 14.9. The van der Waals surface area contributed by atoms with E-state index in [1.54, 1.807) is 19.9 Å². The maximum atomic E-state index is 12.3. The number of carbonyl (C=O) groups is 2. The van der Waals surface area contributed by atoms with Gasteiger partial charge >= 0.3 is 5.97 Å². The Kier molecular flexibility index (Phi) is 6.84. The first-order chi connectivity index (χ1) is 10.3. The van der Waals surface area contributed by atoms with Gasteiger partial charge < -0.3 is 15.2 Å². The van der Waals surface area contributed by atoms with Gasteiger partial charge in [0.15, 0.2) is 0 Å². The van der Waals surface area contributed by atoms with Crippen LogP contribution in [0.5, 0.6) is 0 Å². The minimum Gasteiger partial charge on any atom is -0.481 e. The fourth-order valence-electron chi connectivity index (χ4n) is 2.29. The summed E-state index contributed by atoms with van der Waals surface area (Å²) in [6.45, 7) is 3.57. The summed E-state index contributed by atoms with van der Waals surface area (Å²) in [4.78, 5) is 23.3. The summed E-state index contributed by atoms with van der Waals surface area (Å²) >= 11 is 6.10. The third-order valence-corrected chi connectivity index (χ3v) is 3.73. The Morgan fingerprint density at radius 1 is 1.41 bits per heavy atom. The van der Waals surface area contributed by atoms with Crippen molar-refractivity contribution in [2.24, 2.45) is 5.92 Å². The topological polar surface area (TPSA) is 75.6 Å². The minimum atomic E-state index is -0.987. The third-order valence-electron chi connectivity index (χ3n) is 3.36. The van der Waals surface area contributed by atoms with Crippen LogP contribution in [-0.2, 0) is 20.7 Å². The number of halogens is 1. The Bertz CT molecular complexity index is 535. The second-order valence-corrected chi connectivity index (χ2v) is 6.16. The van der Waals surface area contributed by atoms with E-state index in [9.17, 15) is 9.59 Å². The maximum absolute atomic E-state index is 12.3. The number of hydrogen-bond acceptors (Lipinski definition) is 3. The van der Waals surface area contributed by atoms with Crippen LogP contribution < -0.4 is 5.32 Å². The molecule has 0 heterocycles. The number of amides is 1. The molecule has 0 aliphatic heterocycles. The molecule has 2 atom stereocenters. The molecule has 0 aromatic heterocycles. The van der Waals surface area contributed by atoms with E-state index in [1.807, 2.05) is 18.2 Å². The number of methoxy groups -OCH3 is 1. The lowest BCUT2D eigenvalue weighted by Gasteiger charge is -2.30. The van der Waals surface area contributed by atoms with Gasteiger partial charge in [-0.1, -0.05) is 36.7 Å². The van der Waals surface area contributed by atoms with Gasteiger partial charge in [0.2, 0.25) is 5.91 Å². The second kappa shape index (κ2) is 8.15. The van der Waals surface area contributed by atoms with Crippen molar-refractivity contribution in [3.8, 4) is 0 Å². The molecule has 1 aromatic rings. The van der Waals surface area contributed by atoms with Crippen LogP contribution in [-0.4, -0.2) is 36.2 Å². The average Bonchev–Trinajstić information content (AvgIpc) is 2.40. The Labute approximate surface area is 135 Å². The van der Waals surface area contributed by atoms with Crippen molar-refractivity contribution in [3.05, 3.63) is 34.9 Å². The molecule has 6 heteroatoms. The summed E-state index contributed by atoms with van der Waals surface area (Å²) in [5.41, 5.74) is -0.0506. The zero-order chi connectivity index (χ0) is 16.8. The van der Waals surface area contributed by atoms with Crippen molar-refractivity contribution in [3.63, 3.8) is 0 Å². The lowest BCUT2D eigenvalue weighted by Crippen LogP contribution is -2.52.